The van der Waals surface area contributed by atoms with Crippen molar-refractivity contribution in [2.24, 2.45) is 9.98 Å². The minimum absolute atomic E-state index is 0.347. The van der Waals surface area contributed by atoms with Gasteiger partial charge in [-0.1, -0.05) is 41.9 Å². The van der Waals surface area contributed by atoms with Crippen molar-refractivity contribution >= 4 is 28.8 Å². The van der Waals surface area contributed by atoms with Crippen molar-refractivity contribution in [1.29, 1.82) is 0 Å². The fraction of sp³-hybridized carbons (Fsp3) is 0.333. The summed E-state index contributed by atoms with van der Waals surface area (Å²) in [6.07, 6.45) is -0.347. The number of benzene rings is 2. The molecule has 5 nitrogen and oxygen atoms in total. The quantitative estimate of drug-likeness (QED) is 0.718. The van der Waals surface area contributed by atoms with Crippen molar-refractivity contribution in [2.45, 2.75) is 20.1 Å². The van der Waals surface area contributed by atoms with Gasteiger partial charge in [0.05, 0.1) is 18.8 Å². The van der Waals surface area contributed by atoms with E-state index in [0.29, 0.717) is 31.3 Å². The number of benzodiazepines with no additional fused rings is 1. The summed E-state index contributed by atoms with van der Waals surface area (Å²) in [5.41, 5.74) is 3.84. The number of hydrogen-bond donors (Lipinski definition) is 1. The Morgan fingerprint density at radius 2 is 1.85 bits per heavy atom. The molecule has 6 heteroatoms. The molecular weight excluding hydrogens is 362 g/mol. The largest absolute Gasteiger partial charge is 0.351 e. The summed E-state index contributed by atoms with van der Waals surface area (Å²) in [5.74, 6) is 0.772. The Balaban J connectivity index is 1.91. The van der Waals surface area contributed by atoms with Crippen molar-refractivity contribution in [3.63, 3.8) is 0 Å². The molecule has 1 N–H and O–H groups in total. The average Bonchev–Trinajstić information content (AvgIpc) is 2.86. The van der Waals surface area contributed by atoms with Gasteiger partial charge in [-0.2, -0.15) is 0 Å². The van der Waals surface area contributed by atoms with Gasteiger partial charge in [0.1, 0.15) is 5.84 Å². The summed E-state index contributed by atoms with van der Waals surface area (Å²) in [5, 5.41) is 4.07. The molecule has 1 aliphatic rings. The molecular formula is C21H24ClN3O2. The van der Waals surface area contributed by atoms with Crippen molar-refractivity contribution in [3.8, 4) is 0 Å². The third-order valence-corrected chi connectivity index (χ3v) is 4.32. The number of fused-ring (bicyclic) bond motifs is 1. The lowest BCUT2D eigenvalue weighted by Gasteiger charge is -2.15. The average molecular weight is 386 g/mol. The molecule has 142 valence electrons. The van der Waals surface area contributed by atoms with Gasteiger partial charge in [-0.25, -0.2) is 0 Å². The molecule has 0 atom stereocenters. The molecule has 0 saturated carbocycles. The Kier molecular flexibility index (Phi) is 6.98. The molecule has 0 spiro atoms. The molecule has 0 unspecified atom stereocenters. The molecule has 3 rings (SSSR count). The van der Waals surface area contributed by atoms with E-state index in [1.54, 1.807) is 0 Å². The van der Waals surface area contributed by atoms with Crippen molar-refractivity contribution in [3.05, 3.63) is 64.7 Å². The maximum absolute atomic E-state index is 6.25. The number of nitrogens with zero attached hydrogens (tertiary/aromatic N) is 2. The second-order valence-electron chi connectivity index (χ2n) is 5.97. The Morgan fingerprint density at radius 1 is 1.11 bits per heavy atom. The Labute approximate surface area is 165 Å². The van der Waals surface area contributed by atoms with E-state index >= 15 is 0 Å². The van der Waals surface area contributed by atoms with Crippen LogP contribution in [0.25, 0.3) is 0 Å². The molecule has 0 aromatic heterocycles. The highest BCUT2D eigenvalue weighted by Gasteiger charge is 2.18. The number of amidine groups is 1. The van der Waals surface area contributed by atoms with Gasteiger partial charge in [0.25, 0.3) is 0 Å². The van der Waals surface area contributed by atoms with Gasteiger partial charge in [0, 0.05) is 35.1 Å². The summed E-state index contributed by atoms with van der Waals surface area (Å²) in [6, 6.07) is 15.8. The number of ether oxygens (including phenoxy) is 2. The summed E-state index contributed by atoms with van der Waals surface area (Å²) >= 11 is 6.25. The number of rotatable bonds is 7. The van der Waals surface area contributed by atoms with Crippen LogP contribution in [-0.4, -0.2) is 44.1 Å². The summed E-state index contributed by atoms with van der Waals surface area (Å²) < 4.78 is 11.1. The highest BCUT2D eigenvalue weighted by Crippen LogP contribution is 2.26. The monoisotopic (exact) mass is 385 g/mol. The zero-order chi connectivity index (χ0) is 19.1. The lowest BCUT2D eigenvalue weighted by molar-refractivity contribution is -0.128. The first-order valence-corrected chi connectivity index (χ1v) is 9.52. The van der Waals surface area contributed by atoms with Crippen LogP contribution < -0.4 is 5.32 Å². The van der Waals surface area contributed by atoms with E-state index in [4.69, 9.17) is 26.1 Å². The van der Waals surface area contributed by atoms with Gasteiger partial charge < -0.3 is 14.8 Å². The zero-order valence-electron chi connectivity index (χ0n) is 15.6. The third-order valence-electron chi connectivity index (χ3n) is 4.09. The normalized spacial score (nSPS) is 15.3. The van der Waals surface area contributed by atoms with Gasteiger partial charge in [0.15, 0.2) is 6.29 Å². The van der Waals surface area contributed by atoms with E-state index in [-0.39, 0.29) is 6.29 Å². The fourth-order valence-electron chi connectivity index (χ4n) is 2.90. The Hall–Kier alpha value is -2.21. The third kappa shape index (κ3) is 5.16. The number of halogens is 1. The highest BCUT2D eigenvalue weighted by atomic mass is 35.5. The Morgan fingerprint density at radius 3 is 2.56 bits per heavy atom. The van der Waals surface area contributed by atoms with Gasteiger partial charge in [-0.15, -0.1) is 0 Å². The molecule has 1 heterocycles. The minimum atomic E-state index is -0.347. The van der Waals surface area contributed by atoms with Crippen molar-refractivity contribution in [2.75, 3.05) is 31.6 Å². The molecule has 0 amide bonds. The van der Waals surface area contributed by atoms with Crippen LogP contribution in [0.4, 0.5) is 5.69 Å². The van der Waals surface area contributed by atoms with Crippen LogP contribution in [0, 0.1) is 0 Å². The van der Waals surface area contributed by atoms with Crippen molar-refractivity contribution in [1.82, 2.24) is 0 Å². The molecule has 0 saturated heterocycles. The van der Waals surface area contributed by atoms with Crippen LogP contribution in [0.3, 0.4) is 0 Å². The molecule has 2 aromatic rings. The van der Waals surface area contributed by atoms with E-state index in [9.17, 15) is 0 Å². The van der Waals surface area contributed by atoms with E-state index in [1.165, 1.54) is 0 Å². The van der Waals surface area contributed by atoms with Crippen LogP contribution >= 0.6 is 11.6 Å². The van der Waals surface area contributed by atoms with Crippen LogP contribution in [0.5, 0.6) is 0 Å². The second-order valence-corrected chi connectivity index (χ2v) is 6.41. The first-order chi connectivity index (χ1) is 13.2. The second kappa shape index (κ2) is 9.65. The van der Waals surface area contributed by atoms with Crippen LogP contribution in [-0.2, 0) is 9.47 Å². The number of anilines is 1. The molecule has 0 bridgehead atoms. The summed E-state index contributed by atoms with van der Waals surface area (Å²) in [4.78, 5) is 9.46. The fourth-order valence-corrected chi connectivity index (χ4v) is 3.07. The first-order valence-electron chi connectivity index (χ1n) is 9.14. The molecule has 0 radical (unpaired) electrons. The molecule has 1 aliphatic heterocycles. The SMILES string of the molecule is CCOC(CN=C1CN=C(c2ccccc2)c2cc(Cl)ccc2N1)OCC. The maximum Gasteiger partial charge on any atom is 0.176 e. The highest BCUT2D eigenvalue weighted by molar-refractivity contribution is 6.32. The molecule has 2 aromatic carbocycles. The minimum Gasteiger partial charge on any atom is -0.351 e. The topological polar surface area (TPSA) is 55.2 Å². The molecule has 27 heavy (non-hydrogen) atoms. The predicted molar refractivity (Wildman–Crippen MR) is 111 cm³/mol. The number of aliphatic imine (C=N–C) groups is 2. The van der Waals surface area contributed by atoms with E-state index in [0.717, 1.165) is 28.4 Å². The van der Waals surface area contributed by atoms with E-state index in [2.05, 4.69) is 10.3 Å². The molecule has 0 fully saturated rings. The zero-order valence-corrected chi connectivity index (χ0v) is 16.4. The number of hydrogen-bond acceptors (Lipinski definition) is 4. The van der Waals surface area contributed by atoms with Crippen molar-refractivity contribution < 1.29 is 9.47 Å². The lowest BCUT2D eigenvalue weighted by atomic mass is 10.0. The first kappa shape index (κ1) is 19.5. The summed E-state index contributed by atoms with van der Waals surface area (Å²) in [6.45, 7) is 5.92. The standard InChI is InChI=1S/C21H24ClN3O2/c1-3-26-20(27-4-2)14-23-19-13-24-21(15-8-6-5-7-9-15)17-12-16(22)10-11-18(17)25-19/h5-12,20H,3-4,13-14H2,1-2H3,(H,23,25). The Bertz CT molecular complexity index is 815. The van der Waals surface area contributed by atoms with Crippen LogP contribution in [0.1, 0.15) is 25.0 Å². The number of nitrogens with one attached hydrogen (secondary N) is 1. The van der Waals surface area contributed by atoms with E-state index < -0.39 is 0 Å². The smallest absolute Gasteiger partial charge is 0.176 e. The maximum atomic E-state index is 6.25. The lowest BCUT2D eigenvalue weighted by Crippen LogP contribution is -2.24. The predicted octanol–water partition coefficient (Wildman–Crippen LogP) is 4.40. The molecule has 0 aliphatic carbocycles. The van der Waals surface area contributed by atoms with Gasteiger partial charge in [0.2, 0.25) is 0 Å². The van der Waals surface area contributed by atoms with Gasteiger partial charge >= 0.3 is 0 Å². The van der Waals surface area contributed by atoms with Gasteiger partial charge in [-0.3, -0.25) is 9.98 Å². The summed E-state index contributed by atoms with van der Waals surface area (Å²) in [7, 11) is 0. The van der Waals surface area contributed by atoms with E-state index in [1.807, 2.05) is 62.4 Å². The van der Waals surface area contributed by atoms with Gasteiger partial charge in [-0.05, 0) is 32.0 Å². The van der Waals surface area contributed by atoms with Crippen LogP contribution in [0.15, 0.2) is 58.5 Å². The van der Waals surface area contributed by atoms with Crippen LogP contribution in [0.2, 0.25) is 5.02 Å².